The normalized spacial score (nSPS) is 15.8. The van der Waals surface area contributed by atoms with Gasteiger partial charge in [-0.05, 0) is 18.4 Å². The molecule has 0 amide bonds. The lowest BCUT2D eigenvalue weighted by molar-refractivity contribution is 0.115. The van der Waals surface area contributed by atoms with E-state index in [1.165, 1.54) is 38.3 Å². The van der Waals surface area contributed by atoms with Crippen LogP contribution in [0.2, 0.25) is 0 Å². The van der Waals surface area contributed by atoms with Gasteiger partial charge in [0.25, 0.3) is 0 Å². The molecule has 2 rings (SSSR count). The first-order valence-electron chi connectivity index (χ1n) is 7.68. The summed E-state index contributed by atoms with van der Waals surface area (Å²) in [6.45, 7) is 1.34. The van der Waals surface area contributed by atoms with Crippen LogP contribution in [0.3, 0.4) is 0 Å². The van der Waals surface area contributed by atoms with Crippen molar-refractivity contribution in [2.75, 3.05) is 13.2 Å². The van der Waals surface area contributed by atoms with Crippen molar-refractivity contribution in [3.05, 3.63) is 23.9 Å². The van der Waals surface area contributed by atoms with Gasteiger partial charge >= 0.3 is 6.16 Å². The first-order chi connectivity index (χ1) is 10.3. The van der Waals surface area contributed by atoms with E-state index in [9.17, 15) is 4.79 Å². The second-order valence-electron chi connectivity index (χ2n) is 5.49. The Bertz CT molecular complexity index is 444. The fourth-order valence-electron chi connectivity index (χ4n) is 2.80. The van der Waals surface area contributed by atoms with Gasteiger partial charge in [0.1, 0.15) is 0 Å². The number of ether oxygens (including phenoxy) is 2. The van der Waals surface area contributed by atoms with Crippen molar-refractivity contribution in [2.45, 2.75) is 44.9 Å². The molecule has 1 aromatic heterocycles. The molecule has 0 radical (unpaired) electrons. The number of hydrogen-bond acceptors (Lipinski definition) is 4. The molecule has 0 unspecified atom stereocenters. The lowest BCUT2D eigenvalue weighted by Crippen LogP contribution is -2.11. The van der Waals surface area contributed by atoms with E-state index in [-0.39, 0.29) is 5.88 Å². The van der Waals surface area contributed by atoms with Crippen LogP contribution in [0.15, 0.2) is 18.3 Å². The van der Waals surface area contributed by atoms with Gasteiger partial charge in [-0.2, -0.15) is 0 Å². The van der Waals surface area contributed by atoms with Gasteiger partial charge in [0.05, 0.1) is 6.61 Å². The largest absolute Gasteiger partial charge is 0.512 e. The SMILES string of the molecule is O=C(O)Oc1ncccc1CCOCCC1CCCCC1. The molecule has 0 aliphatic heterocycles. The molecule has 1 N–H and O–H groups in total. The second-order valence-corrected chi connectivity index (χ2v) is 5.49. The van der Waals surface area contributed by atoms with Crippen molar-refractivity contribution in [1.82, 2.24) is 4.98 Å². The van der Waals surface area contributed by atoms with Crippen molar-refractivity contribution in [3.63, 3.8) is 0 Å². The molecule has 0 bridgehead atoms. The van der Waals surface area contributed by atoms with Crippen LogP contribution in [-0.2, 0) is 11.2 Å². The molecule has 0 aromatic carbocycles. The third-order valence-electron chi connectivity index (χ3n) is 3.94. The predicted octanol–water partition coefficient (Wildman–Crippen LogP) is 3.67. The Morgan fingerprint density at radius 2 is 2.10 bits per heavy atom. The third-order valence-corrected chi connectivity index (χ3v) is 3.94. The lowest BCUT2D eigenvalue weighted by atomic mass is 9.87. The first-order valence-corrected chi connectivity index (χ1v) is 7.68. The van der Waals surface area contributed by atoms with Gasteiger partial charge in [0.2, 0.25) is 5.88 Å². The summed E-state index contributed by atoms with van der Waals surface area (Å²) in [6.07, 6.45) is 8.69. The van der Waals surface area contributed by atoms with Crippen molar-refractivity contribution in [1.29, 1.82) is 0 Å². The van der Waals surface area contributed by atoms with Gasteiger partial charge in [-0.3, -0.25) is 0 Å². The molecule has 1 saturated carbocycles. The van der Waals surface area contributed by atoms with E-state index in [2.05, 4.69) is 9.72 Å². The monoisotopic (exact) mass is 293 g/mol. The van der Waals surface area contributed by atoms with E-state index in [4.69, 9.17) is 9.84 Å². The van der Waals surface area contributed by atoms with Crippen molar-refractivity contribution in [3.8, 4) is 5.88 Å². The minimum atomic E-state index is -1.34. The molecule has 5 heteroatoms. The molecular formula is C16H23NO4. The lowest BCUT2D eigenvalue weighted by Gasteiger charge is -2.21. The van der Waals surface area contributed by atoms with E-state index < -0.39 is 6.16 Å². The van der Waals surface area contributed by atoms with E-state index in [1.807, 2.05) is 6.07 Å². The van der Waals surface area contributed by atoms with Crippen molar-refractivity contribution in [2.24, 2.45) is 5.92 Å². The van der Waals surface area contributed by atoms with E-state index in [0.29, 0.717) is 13.0 Å². The Kier molecular flexibility index (Phi) is 6.47. The van der Waals surface area contributed by atoms with Crippen LogP contribution in [0, 0.1) is 5.92 Å². The van der Waals surface area contributed by atoms with Crippen LogP contribution in [0.1, 0.15) is 44.1 Å². The molecule has 0 atom stereocenters. The molecule has 0 spiro atoms. The number of carboxylic acid groups (broad SMARTS) is 1. The maximum atomic E-state index is 10.6. The number of carbonyl (C=O) groups is 1. The number of aromatic nitrogens is 1. The van der Waals surface area contributed by atoms with Gasteiger partial charge in [-0.15, -0.1) is 0 Å². The van der Waals surface area contributed by atoms with Gasteiger partial charge in [-0.25, -0.2) is 9.78 Å². The molecule has 1 aliphatic carbocycles. The highest BCUT2D eigenvalue weighted by Crippen LogP contribution is 2.26. The number of pyridine rings is 1. The Morgan fingerprint density at radius 1 is 1.29 bits per heavy atom. The van der Waals surface area contributed by atoms with Crippen LogP contribution >= 0.6 is 0 Å². The molecule has 116 valence electrons. The van der Waals surface area contributed by atoms with Crippen LogP contribution in [-0.4, -0.2) is 29.5 Å². The van der Waals surface area contributed by atoms with Crippen LogP contribution in [0.25, 0.3) is 0 Å². The quantitative estimate of drug-likeness (QED) is 0.613. The van der Waals surface area contributed by atoms with Crippen LogP contribution in [0.5, 0.6) is 5.88 Å². The topological polar surface area (TPSA) is 68.7 Å². The summed E-state index contributed by atoms with van der Waals surface area (Å²) in [5.41, 5.74) is 0.762. The molecular weight excluding hydrogens is 270 g/mol. The number of hydrogen-bond donors (Lipinski definition) is 1. The predicted molar refractivity (Wildman–Crippen MR) is 78.6 cm³/mol. The maximum Gasteiger partial charge on any atom is 0.512 e. The molecule has 21 heavy (non-hydrogen) atoms. The number of rotatable bonds is 7. The molecule has 1 heterocycles. The second kappa shape index (κ2) is 8.62. The summed E-state index contributed by atoms with van der Waals surface area (Å²) in [6, 6.07) is 3.59. The van der Waals surface area contributed by atoms with Gasteiger partial charge < -0.3 is 14.6 Å². The van der Waals surface area contributed by atoms with Crippen molar-refractivity contribution >= 4 is 6.16 Å². The maximum absolute atomic E-state index is 10.6. The summed E-state index contributed by atoms with van der Waals surface area (Å²) in [5, 5.41) is 8.65. The minimum Gasteiger partial charge on any atom is -0.449 e. The zero-order valence-corrected chi connectivity index (χ0v) is 12.3. The minimum absolute atomic E-state index is 0.154. The zero-order valence-electron chi connectivity index (χ0n) is 12.3. The highest BCUT2D eigenvalue weighted by molar-refractivity contribution is 5.60. The molecule has 5 nitrogen and oxygen atoms in total. The Morgan fingerprint density at radius 3 is 2.86 bits per heavy atom. The summed E-state index contributed by atoms with van der Waals surface area (Å²) >= 11 is 0. The molecule has 1 fully saturated rings. The molecule has 1 aliphatic rings. The highest BCUT2D eigenvalue weighted by atomic mass is 16.7. The third kappa shape index (κ3) is 5.71. The smallest absolute Gasteiger partial charge is 0.449 e. The standard InChI is InChI=1S/C16H23NO4/c18-16(19)21-15-14(7-4-10-17-15)9-12-20-11-8-13-5-2-1-3-6-13/h4,7,10,13H,1-3,5-6,8-9,11-12H2,(H,18,19). The highest BCUT2D eigenvalue weighted by Gasteiger charge is 2.13. The van der Waals surface area contributed by atoms with Gasteiger partial charge in [-0.1, -0.05) is 38.2 Å². The Balaban J connectivity index is 1.67. The van der Waals surface area contributed by atoms with Gasteiger partial charge in [0, 0.05) is 24.8 Å². The summed E-state index contributed by atoms with van der Waals surface area (Å²) in [5.74, 6) is 0.976. The summed E-state index contributed by atoms with van der Waals surface area (Å²) in [7, 11) is 0. The van der Waals surface area contributed by atoms with Gasteiger partial charge in [0.15, 0.2) is 0 Å². The average Bonchev–Trinajstić information content (AvgIpc) is 2.49. The first kappa shape index (κ1) is 15.8. The van der Waals surface area contributed by atoms with E-state index in [0.717, 1.165) is 24.5 Å². The fourth-order valence-corrected chi connectivity index (χ4v) is 2.80. The number of nitrogens with zero attached hydrogens (tertiary/aromatic N) is 1. The molecule has 1 aromatic rings. The Labute approximate surface area is 125 Å². The van der Waals surface area contributed by atoms with Crippen LogP contribution < -0.4 is 4.74 Å². The fraction of sp³-hybridized carbons (Fsp3) is 0.625. The van der Waals surface area contributed by atoms with E-state index >= 15 is 0 Å². The van der Waals surface area contributed by atoms with Crippen molar-refractivity contribution < 1.29 is 19.4 Å². The summed E-state index contributed by atoms with van der Waals surface area (Å²) in [4.78, 5) is 14.5. The van der Waals surface area contributed by atoms with E-state index in [1.54, 1.807) is 6.07 Å². The summed E-state index contributed by atoms with van der Waals surface area (Å²) < 4.78 is 10.3. The molecule has 0 saturated heterocycles. The Hall–Kier alpha value is -1.62. The zero-order chi connectivity index (χ0) is 14.9. The average molecular weight is 293 g/mol. The van der Waals surface area contributed by atoms with Crippen LogP contribution in [0.4, 0.5) is 4.79 Å².